The van der Waals surface area contributed by atoms with Crippen LogP contribution in [-0.4, -0.2) is 62.4 Å². The van der Waals surface area contributed by atoms with E-state index in [1.165, 1.54) is 0 Å². The van der Waals surface area contributed by atoms with E-state index in [0.717, 1.165) is 49.8 Å². The summed E-state index contributed by atoms with van der Waals surface area (Å²) in [4.78, 5) is 17.7. The monoisotopic (exact) mass is 397 g/mol. The van der Waals surface area contributed by atoms with Crippen LogP contribution >= 0.6 is 12.4 Å². The molecule has 0 aromatic carbocycles. The van der Waals surface area contributed by atoms with E-state index in [9.17, 15) is 0 Å². The Morgan fingerprint density at radius 2 is 1.71 bits per heavy atom. The number of hydrogen-bond acceptors (Lipinski definition) is 6. The van der Waals surface area contributed by atoms with Crippen LogP contribution in [0.2, 0.25) is 0 Å². The Balaban J connectivity index is 0.00000225. The Kier molecular flexibility index (Phi) is 6.73. The van der Waals surface area contributed by atoms with E-state index in [1.54, 1.807) is 23.1 Å². The van der Waals surface area contributed by atoms with E-state index < -0.39 is 0 Å². The molecule has 7 nitrogen and oxygen atoms in total. The Labute approximate surface area is 171 Å². The highest BCUT2D eigenvalue weighted by Crippen LogP contribution is 2.14. The minimum atomic E-state index is 0. The summed E-state index contributed by atoms with van der Waals surface area (Å²) in [6, 6.07) is 7.88. The average Bonchev–Trinajstić information content (AvgIpc) is 3.10. The van der Waals surface area contributed by atoms with E-state index in [-0.39, 0.29) is 12.4 Å². The number of halogens is 1. The number of anilines is 1. The molecule has 28 heavy (non-hydrogen) atoms. The largest absolute Gasteiger partial charge is 0.354 e. The van der Waals surface area contributed by atoms with Crippen LogP contribution in [0.25, 0.3) is 12.0 Å². The first-order valence-electron chi connectivity index (χ1n) is 9.18. The summed E-state index contributed by atoms with van der Waals surface area (Å²) >= 11 is 0. The number of piperazine rings is 1. The molecule has 146 valence electrons. The van der Waals surface area contributed by atoms with Gasteiger partial charge in [0.15, 0.2) is 0 Å². The van der Waals surface area contributed by atoms with E-state index in [4.69, 9.17) is 0 Å². The predicted molar refractivity (Wildman–Crippen MR) is 113 cm³/mol. The molecule has 1 saturated heterocycles. The average molecular weight is 398 g/mol. The van der Waals surface area contributed by atoms with E-state index in [1.807, 2.05) is 31.5 Å². The van der Waals surface area contributed by atoms with Crippen LogP contribution in [0.15, 0.2) is 55.1 Å². The zero-order valence-corrected chi connectivity index (χ0v) is 16.7. The second-order valence-electron chi connectivity index (χ2n) is 6.52. The lowest BCUT2D eigenvalue weighted by Crippen LogP contribution is -2.46. The molecule has 1 aliphatic rings. The highest BCUT2D eigenvalue weighted by molar-refractivity contribution is 5.85. The van der Waals surface area contributed by atoms with Crippen molar-refractivity contribution in [2.45, 2.75) is 6.92 Å². The fourth-order valence-corrected chi connectivity index (χ4v) is 3.22. The number of rotatable bonds is 5. The molecule has 0 saturated carbocycles. The summed E-state index contributed by atoms with van der Waals surface area (Å²) in [5, 5.41) is 4.41. The van der Waals surface area contributed by atoms with Crippen molar-refractivity contribution in [3.05, 3.63) is 66.4 Å². The zero-order valence-electron chi connectivity index (χ0n) is 15.8. The van der Waals surface area contributed by atoms with Crippen LogP contribution in [-0.2, 0) is 0 Å². The number of nitrogens with zero attached hydrogens (tertiary/aromatic N) is 7. The van der Waals surface area contributed by atoms with Crippen molar-refractivity contribution in [1.29, 1.82) is 0 Å². The quantitative estimate of drug-likeness (QED) is 0.659. The van der Waals surface area contributed by atoms with Gasteiger partial charge < -0.3 is 4.90 Å². The molecular weight excluding hydrogens is 374 g/mol. The SMILES string of the molecule is Cc1c(/C=C/CN2CCN(c3ccccn3)CC2)cnn1-c1ncccn1.Cl. The Morgan fingerprint density at radius 3 is 2.43 bits per heavy atom. The second kappa shape index (κ2) is 9.43. The molecule has 0 spiro atoms. The standard InChI is InChI=1S/C20H23N7.ClH/c1-17-18(16-24-27(17)20-22-9-5-10-23-20)6-4-11-25-12-14-26(15-13-25)19-7-2-3-8-21-19;/h2-10,16H,11-15H2,1H3;1H/b6-4+;. The maximum atomic E-state index is 4.44. The topological polar surface area (TPSA) is 63.0 Å². The van der Waals surface area contributed by atoms with Crippen molar-refractivity contribution in [2.75, 3.05) is 37.6 Å². The van der Waals surface area contributed by atoms with E-state index in [2.05, 4.69) is 48.1 Å². The lowest BCUT2D eigenvalue weighted by molar-refractivity contribution is 0.283. The molecule has 0 amide bonds. The summed E-state index contributed by atoms with van der Waals surface area (Å²) in [6.45, 7) is 7.06. The van der Waals surface area contributed by atoms with Crippen LogP contribution in [0.4, 0.5) is 5.82 Å². The van der Waals surface area contributed by atoms with Gasteiger partial charge in [0, 0.05) is 56.9 Å². The van der Waals surface area contributed by atoms with Crippen molar-refractivity contribution in [3.8, 4) is 5.95 Å². The highest BCUT2D eigenvalue weighted by atomic mass is 35.5. The lowest BCUT2D eigenvalue weighted by atomic mass is 10.2. The summed E-state index contributed by atoms with van der Waals surface area (Å²) in [6.07, 6.45) is 11.5. The Hall–Kier alpha value is -2.77. The number of pyridine rings is 1. The molecule has 3 aromatic rings. The molecule has 0 aliphatic carbocycles. The molecule has 1 fully saturated rings. The summed E-state index contributed by atoms with van der Waals surface area (Å²) in [5.41, 5.74) is 2.13. The summed E-state index contributed by atoms with van der Waals surface area (Å²) in [5.74, 6) is 1.67. The second-order valence-corrected chi connectivity index (χ2v) is 6.52. The molecule has 0 atom stereocenters. The maximum absolute atomic E-state index is 4.44. The molecule has 0 N–H and O–H groups in total. The van der Waals surface area contributed by atoms with Crippen molar-refractivity contribution >= 4 is 24.3 Å². The van der Waals surface area contributed by atoms with Gasteiger partial charge in [0.25, 0.3) is 5.95 Å². The van der Waals surface area contributed by atoms with Gasteiger partial charge in [0.05, 0.1) is 11.9 Å². The van der Waals surface area contributed by atoms with Crippen LogP contribution < -0.4 is 4.90 Å². The lowest BCUT2D eigenvalue weighted by Gasteiger charge is -2.34. The van der Waals surface area contributed by atoms with Gasteiger partial charge in [-0.05, 0) is 25.1 Å². The molecule has 8 heteroatoms. The fraction of sp³-hybridized carbons (Fsp3) is 0.300. The van der Waals surface area contributed by atoms with E-state index in [0.29, 0.717) is 5.95 Å². The Morgan fingerprint density at radius 1 is 0.964 bits per heavy atom. The van der Waals surface area contributed by atoms with Gasteiger partial charge in [0.2, 0.25) is 0 Å². The van der Waals surface area contributed by atoms with Gasteiger partial charge in [-0.3, -0.25) is 4.90 Å². The minimum absolute atomic E-state index is 0. The van der Waals surface area contributed by atoms with E-state index >= 15 is 0 Å². The summed E-state index contributed by atoms with van der Waals surface area (Å²) < 4.78 is 1.77. The Bertz CT molecular complexity index is 887. The van der Waals surface area contributed by atoms with Crippen LogP contribution in [0.3, 0.4) is 0 Å². The number of aromatic nitrogens is 5. The first-order chi connectivity index (χ1) is 13.3. The molecule has 0 bridgehead atoms. The first-order valence-corrected chi connectivity index (χ1v) is 9.18. The molecule has 1 aliphatic heterocycles. The normalized spacial score (nSPS) is 15.0. The smallest absolute Gasteiger partial charge is 0.250 e. The molecule has 3 aromatic heterocycles. The van der Waals surface area contributed by atoms with Crippen LogP contribution in [0, 0.1) is 6.92 Å². The van der Waals surface area contributed by atoms with Gasteiger partial charge in [0.1, 0.15) is 5.82 Å². The maximum Gasteiger partial charge on any atom is 0.250 e. The van der Waals surface area contributed by atoms with Gasteiger partial charge >= 0.3 is 0 Å². The predicted octanol–water partition coefficient (Wildman–Crippen LogP) is 2.62. The molecule has 0 unspecified atom stereocenters. The third-order valence-electron chi connectivity index (χ3n) is 4.80. The van der Waals surface area contributed by atoms with Crippen molar-refractivity contribution < 1.29 is 0 Å². The van der Waals surface area contributed by atoms with Gasteiger partial charge in [-0.2, -0.15) is 5.10 Å². The third kappa shape index (κ3) is 4.55. The fourth-order valence-electron chi connectivity index (χ4n) is 3.22. The molecular formula is C20H24ClN7. The molecule has 4 rings (SSSR count). The van der Waals surface area contributed by atoms with Crippen molar-refractivity contribution in [3.63, 3.8) is 0 Å². The molecule has 4 heterocycles. The van der Waals surface area contributed by atoms with Gasteiger partial charge in [-0.15, -0.1) is 12.4 Å². The summed E-state index contributed by atoms with van der Waals surface area (Å²) in [7, 11) is 0. The van der Waals surface area contributed by atoms with Gasteiger partial charge in [-0.25, -0.2) is 19.6 Å². The third-order valence-corrected chi connectivity index (χ3v) is 4.80. The zero-order chi connectivity index (χ0) is 18.5. The van der Waals surface area contributed by atoms with Crippen LogP contribution in [0.5, 0.6) is 0 Å². The first kappa shape index (κ1) is 20.0. The van der Waals surface area contributed by atoms with Crippen LogP contribution in [0.1, 0.15) is 11.3 Å². The number of hydrogen-bond donors (Lipinski definition) is 0. The highest BCUT2D eigenvalue weighted by Gasteiger charge is 2.16. The molecule has 0 radical (unpaired) electrons. The van der Waals surface area contributed by atoms with Crippen molar-refractivity contribution in [2.24, 2.45) is 0 Å². The minimum Gasteiger partial charge on any atom is -0.354 e. The van der Waals surface area contributed by atoms with Gasteiger partial charge in [-0.1, -0.05) is 18.2 Å². The van der Waals surface area contributed by atoms with Crippen molar-refractivity contribution in [1.82, 2.24) is 29.6 Å².